The monoisotopic (exact) mass is 212 g/mol. The van der Waals surface area contributed by atoms with Crippen LogP contribution < -0.4 is 5.73 Å². The van der Waals surface area contributed by atoms with E-state index in [-0.39, 0.29) is 0 Å². The lowest BCUT2D eigenvalue weighted by Crippen LogP contribution is -2.31. The Morgan fingerprint density at radius 2 is 2.57 bits per heavy atom. The van der Waals surface area contributed by atoms with Crippen molar-refractivity contribution in [3.63, 3.8) is 0 Å². The summed E-state index contributed by atoms with van der Waals surface area (Å²) in [6, 6.07) is 0. The Labute approximate surface area is 88.3 Å². The Balaban J connectivity index is 1.90. The molecule has 2 heterocycles. The fourth-order valence-electron chi connectivity index (χ4n) is 1.91. The lowest BCUT2D eigenvalue weighted by Gasteiger charge is -2.21. The second kappa shape index (κ2) is 3.92. The summed E-state index contributed by atoms with van der Waals surface area (Å²) in [5.41, 5.74) is 7.14. The van der Waals surface area contributed by atoms with Gasteiger partial charge < -0.3 is 5.73 Å². The first-order chi connectivity index (χ1) is 6.72. The molecule has 1 aliphatic heterocycles. The van der Waals surface area contributed by atoms with E-state index in [0.29, 0.717) is 5.41 Å². The first-order valence-corrected chi connectivity index (χ1v) is 5.74. The summed E-state index contributed by atoms with van der Waals surface area (Å²) in [6.07, 6.45) is 1.20. The van der Waals surface area contributed by atoms with Crippen LogP contribution in [0.25, 0.3) is 0 Å². The molecule has 0 spiro atoms. The zero-order valence-corrected chi connectivity index (χ0v) is 9.26. The van der Waals surface area contributed by atoms with Gasteiger partial charge >= 0.3 is 0 Å². The number of hydrogen-bond acceptors (Lipinski definition) is 5. The minimum Gasteiger partial charge on any atom is -0.330 e. The van der Waals surface area contributed by atoms with E-state index in [0.717, 1.165) is 31.9 Å². The molecule has 1 aliphatic rings. The van der Waals surface area contributed by atoms with Crippen molar-refractivity contribution in [1.82, 2.24) is 14.5 Å². The number of likely N-dealkylation sites (tertiary alicyclic amines) is 1. The van der Waals surface area contributed by atoms with Gasteiger partial charge in [-0.05, 0) is 36.5 Å². The summed E-state index contributed by atoms with van der Waals surface area (Å²) in [5, 5.41) is 6.06. The van der Waals surface area contributed by atoms with Crippen LogP contribution in [0.2, 0.25) is 0 Å². The third-order valence-corrected chi connectivity index (χ3v) is 3.47. The molecule has 0 saturated carbocycles. The van der Waals surface area contributed by atoms with Crippen molar-refractivity contribution in [3.05, 3.63) is 11.1 Å². The van der Waals surface area contributed by atoms with E-state index >= 15 is 0 Å². The zero-order valence-electron chi connectivity index (χ0n) is 8.44. The van der Waals surface area contributed by atoms with Crippen LogP contribution in [0.5, 0.6) is 0 Å². The van der Waals surface area contributed by atoms with Crippen molar-refractivity contribution in [2.24, 2.45) is 11.1 Å². The molecule has 5 heteroatoms. The second-order valence-electron chi connectivity index (χ2n) is 4.37. The molecule has 1 aromatic heterocycles. The first kappa shape index (κ1) is 10.0. The molecule has 0 aromatic carbocycles. The maximum atomic E-state index is 5.75. The van der Waals surface area contributed by atoms with Gasteiger partial charge in [0.1, 0.15) is 0 Å². The SMILES string of the molecule is CC1(CN)CCN(Cc2csnn2)C1. The van der Waals surface area contributed by atoms with Crippen molar-refractivity contribution in [2.75, 3.05) is 19.6 Å². The van der Waals surface area contributed by atoms with Gasteiger partial charge in [-0.25, -0.2) is 0 Å². The number of rotatable bonds is 3. The number of nitrogens with two attached hydrogens (primary N) is 1. The summed E-state index contributed by atoms with van der Waals surface area (Å²) < 4.78 is 3.86. The Hall–Kier alpha value is -0.520. The second-order valence-corrected chi connectivity index (χ2v) is 4.98. The standard InChI is InChI=1S/C9H16N4S/c1-9(6-10)2-3-13(7-9)4-8-5-14-12-11-8/h5H,2-4,6-7,10H2,1H3. The Kier molecular flexibility index (Phi) is 2.80. The van der Waals surface area contributed by atoms with Crippen LogP contribution in [0, 0.1) is 5.41 Å². The molecular weight excluding hydrogens is 196 g/mol. The zero-order chi connectivity index (χ0) is 10.0. The predicted octanol–water partition coefficient (Wildman–Crippen LogP) is 0.709. The summed E-state index contributed by atoms with van der Waals surface area (Å²) in [5.74, 6) is 0. The topological polar surface area (TPSA) is 55.0 Å². The van der Waals surface area contributed by atoms with Gasteiger partial charge in [-0.2, -0.15) is 0 Å². The molecule has 1 aromatic rings. The molecular formula is C9H16N4S. The summed E-state index contributed by atoms with van der Waals surface area (Å²) in [6.45, 7) is 6.17. The molecule has 1 atom stereocenters. The van der Waals surface area contributed by atoms with Crippen molar-refractivity contribution >= 4 is 11.5 Å². The Morgan fingerprint density at radius 1 is 1.71 bits per heavy atom. The molecule has 78 valence electrons. The molecule has 2 N–H and O–H groups in total. The molecule has 1 unspecified atom stereocenters. The van der Waals surface area contributed by atoms with Crippen LogP contribution in [0.3, 0.4) is 0 Å². The normalized spacial score (nSPS) is 28.4. The van der Waals surface area contributed by atoms with Gasteiger partial charge in [0.05, 0.1) is 5.69 Å². The van der Waals surface area contributed by atoms with E-state index in [2.05, 4.69) is 21.4 Å². The molecule has 1 saturated heterocycles. The average molecular weight is 212 g/mol. The molecule has 14 heavy (non-hydrogen) atoms. The van der Waals surface area contributed by atoms with Gasteiger partial charge in [0, 0.05) is 18.5 Å². The number of hydrogen-bond donors (Lipinski definition) is 1. The van der Waals surface area contributed by atoms with E-state index in [1.165, 1.54) is 18.0 Å². The lowest BCUT2D eigenvalue weighted by atomic mass is 9.90. The summed E-state index contributed by atoms with van der Waals surface area (Å²) in [4.78, 5) is 2.41. The molecule has 0 bridgehead atoms. The molecule has 2 rings (SSSR count). The summed E-state index contributed by atoms with van der Waals surface area (Å²) in [7, 11) is 0. The van der Waals surface area contributed by atoms with Crippen LogP contribution >= 0.6 is 11.5 Å². The Bertz CT molecular complexity index is 287. The van der Waals surface area contributed by atoms with Crippen LogP contribution in [0.4, 0.5) is 0 Å². The minimum absolute atomic E-state index is 0.309. The molecule has 0 radical (unpaired) electrons. The highest BCUT2D eigenvalue weighted by Gasteiger charge is 2.32. The smallest absolute Gasteiger partial charge is 0.0895 e. The maximum absolute atomic E-state index is 5.75. The van der Waals surface area contributed by atoms with Gasteiger partial charge in [0.25, 0.3) is 0 Å². The maximum Gasteiger partial charge on any atom is 0.0895 e. The predicted molar refractivity (Wildman–Crippen MR) is 57.0 cm³/mol. The third-order valence-electron chi connectivity index (χ3n) is 2.92. The van der Waals surface area contributed by atoms with Crippen molar-refractivity contribution in [2.45, 2.75) is 19.9 Å². The quantitative estimate of drug-likeness (QED) is 0.801. The number of aromatic nitrogens is 2. The molecule has 0 aliphatic carbocycles. The highest BCUT2D eigenvalue weighted by Crippen LogP contribution is 2.29. The van der Waals surface area contributed by atoms with Crippen LogP contribution in [-0.4, -0.2) is 34.1 Å². The third kappa shape index (κ3) is 2.10. The van der Waals surface area contributed by atoms with Gasteiger partial charge in [0.15, 0.2) is 0 Å². The van der Waals surface area contributed by atoms with E-state index < -0.39 is 0 Å². The molecule has 4 nitrogen and oxygen atoms in total. The van der Waals surface area contributed by atoms with Gasteiger partial charge in [-0.1, -0.05) is 11.4 Å². The van der Waals surface area contributed by atoms with Crippen LogP contribution in [0.1, 0.15) is 19.0 Å². The van der Waals surface area contributed by atoms with E-state index in [1.54, 1.807) is 0 Å². The fourth-order valence-corrected chi connectivity index (χ4v) is 2.35. The van der Waals surface area contributed by atoms with Gasteiger partial charge in [-0.15, -0.1) is 5.10 Å². The van der Waals surface area contributed by atoms with Crippen molar-refractivity contribution in [1.29, 1.82) is 0 Å². The fraction of sp³-hybridized carbons (Fsp3) is 0.778. The minimum atomic E-state index is 0.309. The van der Waals surface area contributed by atoms with E-state index in [1.807, 2.05) is 5.38 Å². The average Bonchev–Trinajstić information content (AvgIpc) is 2.78. The highest BCUT2D eigenvalue weighted by molar-refractivity contribution is 7.03. The number of nitrogens with zero attached hydrogens (tertiary/aromatic N) is 3. The van der Waals surface area contributed by atoms with Crippen molar-refractivity contribution < 1.29 is 0 Å². The van der Waals surface area contributed by atoms with Gasteiger partial charge in [0.2, 0.25) is 0 Å². The van der Waals surface area contributed by atoms with E-state index in [4.69, 9.17) is 5.73 Å². The largest absolute Gasteiger partial charge is 0.330 e. The van der Waals surface area contributed by atoms with Crippen LogP contribution in [-0.2, 0) is 6.54 Å². The van der Waals surface area contributed by atoms with Crippen molar-refractivity contribution in [3.8, 4) is 0 Å². The van der Waals surface area contributed by atoms with Crippen LogP contribution in [0.15, 0.2) is 5.38 Å². The molecule has 0 amide bonds. The lowest BCUT2D eigenvalue weighted by molar-refractivity contribution is 0.272. The first-order valence-electron chi connectivity index (χ1n) is 4.90. The van der Waals surface area contributed by atoms with E-state index in [9.17, 15) is 0 Å². The summed E-state index contributed by atoms with van der Waals surface area (Å²) >= 11 is 1.42. The highest BCUT2D eigenvalue weighted by atomic mass is 32.1. The molecule has 1 fully saturated rings. The van der Waals surface area contributed by atoms with Gasteiger partial charge in [-0.3, -0.25) is 4.90 Å². The Morgan fingerprint density at radius 3 is 3.14 bits per heavy atom.